The predicted molar refractivity (Wildman–Crippen MR) is 100 cm³/mol. The zero-order valence-corrected chi connectivity index (χ0v) is 15.8. The number of methoxy groups -OCH3 is 1. The van der Waals surface area contributed by atoms with Crippen molar-refractivity contribution in [1.29, 1.82) is 0 Å². The Bertz CT molecular complexity index is 701. The number of ether oxygens (including phenoxy) is 2. The van der Waals surface area contributed by atoms with Gasteiger partial charge < -0.3 is 19.7 Å². The minimum atomic E-state index is -0.352. The van der Waals surface area contributed by atoms with Gasteiger partial charge in [0.15, 0.2) is 5.11 Å². The van der Waals surface area contributed by atoms with Gasteiger partial charge in [0, 0.05) is 23.9 Å². The lowest BCUT2D eigenvalue weighted by Crippen LogP contribution is -2.48. The fourth-order valence-corrected chi connectivity index (χ4v) is 3.52. The van der Waals surface area contributed by atoms with E-state index in [1.54, 1.807) is 19.2 Å². The van der Waals surface area contributed by atoms with Crippen molar-refractivity contribution in [3.8, 4) is 0 Å². The summed E-state index contributed by atoms with van der Waals surface area (Å²) in [5.74, 6) is -0.352. The first-order valence-electron chi connectivity index (χ1n) is 8.25. The number of halogens is 1. The third-order valence-corrected chi connectivity index (χ3v) is 4.95. The van der Waals surface area contributed by atoms with Gasteiger partial charge in [-0.05, 0) is 49.7 Å². The first-order chi connectivity index (χ1) is 12.0. The molecular weight excluding hydrogens is 360 g/mol. The molecule has 25 heavy (non-hydrogen) atoms. The van der Waals surface area contributed by atoms with E-state index in [9.17, 15) is 4.79 Å². The first kappa shape index (κ1) is 18.2. The van der Waals surface area contributed by atoms with Crippen molar-refractivity contribution in [2.75, 3.05) is 20.3 Å². The standard InChI is InChI=1S/C18H21ClN2O3S/c1-11-15(17(22)24-10-9-23-2)16(12-3-5-13(19)6-4-12)20-18(25)21(11)14-7-8-14/h3-6,14,16H,7-10H2,1-2H3,(H,20,25)/t16-/m1/s1. The van der Waals surface area contributed by atoms with Crippen molar-refractivity contribution < 1.29 is 14.3 Å². The molecule has 1 atom stereocenters. The monoisotopic (exact) mass is 380 g/mol. The maximum absolute atomic E-state index is 12.8. The van der Waals surface area contributed by atoms with Gasteiger partial charge >= 0.3 is 5.97 Å². The SMILES string of the molecule is COCCOC(=O)C1=C(C)N(C2CC2)C(=S)N[C@@H]1c1ccc(Cl)cc1. The number of nitrogens with zero attached hydrogens (tertiary/aromatic N) is 1. The Labute approximate surface area is 157 Å². The van der Waals surface area contributed by atoms with Crippen LogP contribution >= 0.6 is 23.8 Å². The van der Waals surface area contributed by atoms with Crippen molar-refractivity contribution in [3.63, 3.8) is 0 Å². The van der Waals surface area contributed by atoms with Crippen LogP contribution in [0.1, 0.15) is 31.4 Å². The second-order valence-electron chi connectivity index (χ2n) is 6.16. The molecule has 1 aromatic rings. The lowest BCUT2D eigenvalue weighted by atomic mass is 9.95. The topological polar surface area (TPSA) is 50.8 Å². The van der Waals surface area contributed by atoms with E-state index in [2.05, 4.69) is 5.32 Å². The van der Waals surface area contributed by atoms with Crippen molar-refractivity contribution in [1.82, 2.24) is 10.2 Å². The smallest absolute Gasteiger partial charge is 0.338 e. The van der Waals surface area contributed by atoms with Crippen LogP contribution in [-0.4, -0.2) is 42.3 Å². The maximum atomic E-state index is 12.8. The molecule has 0 aromatic heterocycles. The molecule has 7 heteroatoms. The Morgan fingerprint density at radius 2 is 2.00 bits per heavy atom. The summed E-state index contributed by atoms with van der Waals surface area (Å²) in [7, 11) is 1.57. The molecule has 1 aliphatic carbocycles. The molecule has 5 nitrogen and oxygen atoms in total. The Hall–Kier alpha value is -1.63. The van der Waals surface area contributed by atoms with Crippen LogP contribution in [0.5, 0.6) is 0 Å². The minimum Gasteiger partial charge on any atom is -0.460 e. The summed E-state index contributed by atoms with van der Waals surface area (Å²) >= 11 is 11.5. The summed E-state index contributed by atoms with van der Waals surface area (Å²) in [6, 6.07) is 7.41. The van der Waals surface area contributed by atoms with E-state index in [0.717, 1.165) is 24.1 Å². The molecule has 1 saturated carbocycles. The van der Waals surface area contributed by atoms with Crippen LogP contribution in [0.4, 0.5) is 0 Å². The van der Waals surface area contributed by atoms with Gasteiger partial charge in [-0.3, -0.25) is 0 Å². The second kappa shape index (κ2) is 7.72. The predicted octanol–water partition coefficient (Wildman–Crippen LogP) is 3.20. The molecule has 0 unspecified atom stereocenters. The lowest BCUT2D eigenvalue weighted by Gasteiger charge is -2.37. The minimum absolute atomic E-state index is 0.216. The highest BCUT2D eigenvalue weighted by atomic mass is 35.5. The molecule has 0 amide bonds. The van der Waals surface area contributed by atoms with Crippen LogP contribution in [0.25, 0.3) is 0 Å². The number of hydrogen-bond acceptors (Lipinski definition) is 4. The second-order valence-corrected chi connectivity index (χ2v) is 6.99. The molecule has 0 saturated heterocycles. The summed E-state index contributed by atoms with van der Waals surface area (Å²) in [6.45, 7) is 2.51. The zero-order valence-electron chi connectivity index (χ0n) is 14.3. The molecule has 1 N–H and O–H groups in total. The third kappa shape index (κ3) is 3.97. The summed E-state index contributed by atoms with van der Waals surface area (Å²) in [5, 5.41) is 4.59. The van der Waals surface area contributed by atoms with Crippen LogP contribution < -0.4 is 5.32 Å². The molecule has 1 aliphatic heterocycles. The first-order valence-corrected chi connectivity index (χ1v) is 9.03. The van der Waals surface area contributed by atoms with Crippen LogP contribution in [0.2, 0.25) is 5.02 Å². The largest absolute Gasteiger partial charge is 0.460 e. The Morgan fingerprint density at radius 1 is 1.32 bits per heavy atom. The molecule has 1 heterocycles. The van der Waals surface area contributed by atoms with Crippen molar-refractivity contribution in [2.24, 2.45) is 0 Å². The Balaban J connectivity index is 1.95. The summed E-state index contributed by atoms with van der Waals surface area (Å²) in [4.78, 5) is 14.8. The Kier molecular flexibility index (Phi) is 5.61. The van der Waals surface area contributed by atoms with Crippen molar-refractivity contribution in [2.45, 2.75) is 31.8 Å². The highest BCUT2D eigenvalue weighted by Gasteiger charge is 2.40. The van der Waals surface area contributed by atoms with Crippen LogP contribution in [-0.2, 0) is 14.3 Å². The molecule has 0 bridgehead atoms. The average Bonchev–Trinajstić information content (AvgIpc) is 3.40. The highest BCUT2D eigenvalue weighted by molar-refractivity contribution is 7.80. The summed E-state index contributed by atoms with van der Waals surface area (Å²) < 4.78 is 10.4. The van der Waals surface area contributed by atoms with Gasteiger partial charge in [-0.1, -0.05) is 23.7 Å². The molecule has 0 spiro atoms. The van der Waals surface area contributed by atoms with E-state index in [0.29, 0.717) is 28.4 Å². The van der Waals surface area contributed by atoms with Crippen LogP contribution in [0.15, 0.2) is 35.5 Å². The van der Waals surface area contributed by atoms with Gasteiger partial charge in [-0.2, -0.15) is 0 Å². The number of esters is 1. The van der Waals surface area contributed by atoms with Crippen molar-refractivity contribution in [3.05, 3.63) is 46.1 Å². The molecule has 3 rings (SSSR count). The number of carbonyl (C=O) groups is 1. The van der Waals surface area contributed by atoms with E-state index >= 15 is 0 Å². The number of rotatable bonds is 6. The number of thiocarbonyl (C=S) groups is 1. The van der Waals surface area contributed by atoms with Crippen LogP contribution in [0.3, 0.4) is 0 Å². The van der Waals surface area contributed by atoms with E-state index in [1.807, 2.05) is 24.0 Å². The van der Waals surface area contributed by atoms with E-state index in [4.69, 9.17) is 33.3 Å². The van der Waals surface area contributed by atoms with Gasteiger partial charge in [0.25, 0.3) is 0 Å². The molecular formula is C18H21ClN2O3S. The van der Waals surface area contributed by atoms with Gasteiger partial charge in [0.1, 0.15) is 6.61 Å². The lowest BCUT2D eigenvalue weighted by molar-refractivity contribution is -0.140. The average molecular weight is 381 g/mol. The summed E-state index contributed by atoms with van der Waals surface area (Å²) in [6.07, 6.45) is 2.16. The number of hydrogen-bond donors (Lipinski definition) is 1. The van der Waals surface area contributed by atoms with Gasteiger partial charge in [-0.25, -0.2) is 4.79 Å². The normalized spacial score (nSPS) is 20.5. The third-order valence-electron chi connectivity index (χ3n) is 4.38. The van der Waals surface area contributed by atoms with Gasteiger partial charge in [0.2, 0.25) is 0 Å². The van der Waals surface area contributed by atoms with E-state index < -0.39 is 0 Å². The number of carbonyl (C=O) groups excluding carboxylic acids is 1. The number of nitrogens with one attached hydrogen (secondary N) is 1. The fraction of sp³-hybridized carbons (Fsp3) is 0.444. The fourth-order valence-electron chi connectivity index (χ4n) is 2.99. The van der Waals surface area contributed by atoms with Crippen molar-refractivity contribution >= 4 is 34.9 Å². The number of benzene rings is 1. The molecule has 0 radical (unpaired) electrons. The molecule has 134 valence electrons. The van der Waals surface area contributed by atoms with Gasteiger partial charge in [0.05, 0.1) is 18.2 Å². The maximum Gasteiger partial charge on any atom is 0.338 e. The molecule has 2 aliphatic rings. The zero-order chi connectivity index (χ0) is 18.0. The highest BCUT2D eigenvalue weighted by Crippen LogP contribution is 2.38. The van der Waals surface area contributed by atoms with E-state index in [1.165, 1.54) is 0 Å². The van der Waals surface area contributed by atoms with Gasteiger partial charge in [-0.15, -0.1) is 0 Å². The number of allylic oxidation sites excluding steroid dienone is 1. The molecule has 1 aromatic carbocycles. The van der Waals surface area contributed by atoms with E-state index in [-0.39, 0.29) is 18.6 Å². The summed E-state index contributed by atoms with van der Waals surface area (Å²) in [5.41, 5.74) is 2.35. The quantitative estimate of drug-likeness (QED) is 0.464. The Morgan fingerprint density at radius 3 is 2.60 bits per heavy atom. The van der Waals surface area contributed by atoms with Crippen LogP contribution in [0, 0.1) is 0 Å². The molecule has 1 fully saturated rings.